The molecule has 1 N–H and O–H groups in total. The molecule has 12 heavy (non-hydrogen) atoms. The summed E-state index contributed by atoms with van der Waals surface area (Å²) in [5, 5.41) is 1.32. The fourth-order valence-corrected chi connectivity index (χ4v) is 2.73. The van der Waals surface area contributed by atoms with Crippen LogP contribution in [0.5, 0.6) is 0 Å². The molecule has 62 valence electrons. The Morgan fingerprint density at radius 1 is 1.33 bits per heavy atom. The standard InChI is InChI=1S/C9H8O2S/c1-7-6-12(10,11)9-5-3-2-4-8(7)9/h2-6H,1H2,(H,10,11). The second-order valence-corrected chi connectivity index (χ2v) is 4.52. The van der Waals surface area contributed by atoms with E-state index in [1.54, 1.807) is 18.2 Å². The van der Waals surface area contributed by atoms with E-state index in [0.717, 1.165) is 5.56 Å². The van der Waals surface area contributed by atoms with Crippen molar-refractivity contribution in [2.45, 2.75) is 4.90 Å². The van der Waals surface area contributed by atoms with Crippen LogP contribution in [0.1, 0.15) is 5.56 Å². The van der Waals surface area contributed by atoms with E-state index in [9.17, 15) is 8.76 Å². The van der Waals surface area contributed by atoms with Crippen molar-refractivity contribution in [2.75, 3.05) is 0 Å². The van der Waals surface area contributed by atoms with Gasteiger partial charge in [-0.1, -0.05) is 24.8 Å². The monoisotopic (exact) mass is 180 g/mol. The molecule has 0 spiro atoms. The van der Waals surface area contributed by atoms with Crippen LogP contribution < -0.4 is 0 Å². The lowest BCUT2D eigenvalue weighted by atomic mass is 10.1. The van der Waals surface area contributed by atoms with Gasteiger partial charge in [-0.15, -0.1) is 0 Å². The fourth-order valence-electron chi connectivity index (χ4n) is 1.31. The second kappa shape index (κ2) is 2.21. The number of hydrogen-bond donors (Lipinski definition) is 1. The predicted molar refractivity (Wildman–Crippen MR) is 50.6 cm³/mol. The lowest BCUT2D eigenvalue weighted by molar-refractivity contribution is 0.560. The Balaban J connectivity index is 2.87. The first-order chi connectivity index (χ1) is 5.61. The number of allylic oxidation sites excluding steroid dienone is 1. The van der Waals surface area contributed by atoms with Gasteiger partial charge in [0.1, 0.15) is 9.80 Å². The Kier molecular flexibility index (Phi) is 1.40. The molecule has 0 aliphatic carbocycles. The van der Waals surface area contributed by atoms with Gasteiger partial charge in [-0.2, -0.15) is 0 Å². The quantitative estimate of drug-likeness (QED) is 0.486. The summed E-state index contributed by atoms with van der Waals surface area (Å²) in [6.45, 7) is 3.70. The van der Waals surface area contributed by atoms with Crippen molar-refractivity contribution in [3.8, 4) is 0 Å². The van der Waals surface area contributed by atoms with Crippen LogP contribution in [0.3, 0.4) is 0 Å². The van der Waals surface area contributed by atoms with Gasteiger partial charge in [-0.25, -0.2) is 4.21 Å². The summed E-state index contributed by atoms with van der Waals surface area (Å²) in [6.07, 6.45) is 0. The normalized spacial score (nSPS) is 26.6. The van der Waals surface area contributed by atoms with Crippen molar-refractivity contribution in [1.82, 2.24) is 0 Å². The van der Waals surface area contributed by atoms with E-state index in [2.05, 4.69) is 6.58 Å². The lowest BCUT2D eigenvalue weighted by Crippen LogP contribution is -1.96. The summed E-state index contributed by atoms with van der Waals surface area (Å²) in [5.41, 5.74) is 1.42. The van der Waals surface area contributed by atoms with Gasteiger partial charge in [0.2, 0.25) is 0 Å². The van der Waals surface area contributed by atoms with Crippen molar-refractivity contribution in [1.29, 1.82) is 0 Å². The summed E-state index contributed by atoms with van der Waals surface area (Å²) in [7, 11) is -2.93. The first-order valence-electron chi connectivity index (χ1n) is 3.51. The third-order valence-corrected chi connectivity index (χ3v) is 3.44. The van der Waals surface area contributed by atoms with Gasteiger partial charge in [0.15, 0.2) is 0 Å². The van der Waals surface area contributed by atoms with Crippen LogP contribution in [-0.4, -0.2) is 14.1 Å². The zero-order chi connectivity index (χ0) is 8.77. The molecule has 0 saturated carbocycles. The van der Waals surface area contributed by atoms with Gasteiger partial charge in [0.25, 0.3) is 0 Å². The van der Waals surface area contributed by atoms with Gasteiger partial charge in [0.05, 0.1) is 4.90 Å². The van der Waals surface area contributed by atoms with E-state index < -0.39 is 9.80 Å². The highest BCUT2D eigenvalue weighted by Gasteiger charge is 2.20. The molecule has 0 saturated heterocycles. The molecule has 1 atom stereocenters. The molecule has 2 rings (SSSR count). The molecule has 0 amide bonds. The molecule has 0 fully saturated rings. The fraction of sp³-hybridized carbons (Fsp3) is 0. The smallest absolute Gasteiger partial charge is 0.112 e. The molecule has 0 aromatic heterocycles. The minimum Gasteiger partial charge on any atom is -0.310 e. The molecule has 0 bridgehead atoms. The minimum atomic E-state index is -2.93. The zero-order valence-corrected chi connectivity index (χ0v) is 7.17. The van der Waals surface area contributed by atoms with Crippen LogP contribution >= 0.6 is 0 Å². The summed E-state index contributed by atoms with van der Waals surface area (Å²) < 4.78 is 20.9. The molecular weight excluding hydrogens is 172 g/mol. The van der Waals surface area contributed by atoms with Crippen molar-refractivity contribution in [3.63, 3.8) is 0 Å². The van der Waals surface area contributed by atoms with Crippen LogP contribution in [0.15, 0.2) is 35.7 Å². The highest BCUT2D eigenvalue weighted by molar-refractivity contribution is 7.97. The molecule has 1 aromatic rings. The lowest BCUT2D eigenvalue weighted by Gasteiger charge is -1.99. The molecule has 2 nitrogen and oxygen atoms in total. The van der Waals surface area contributed by atoms with Crippen LogP contribution in [0.25, 0.3) is 5.57 Å². The Morgan fingerprint density at radius 3 is 2.67 bits per heavy atom. The Labute approximate surface area is 71.4 Å². The molecule has 1 heterocycles. The predicted octanol–water partition coefficient (Wildman–Crippen LogP) is 1.63. The minimum absolute atomic E-state index is 0.481. The average molecular weight is 180 g/mol. The molecule has 3 heteroatoms. The van der Waals surface area contributed by atoms with E-state index >= 15 is 0 Å². The zero-order valence-electron chi connectivity index (χ0n) is 6.36. The maximum atomic E-state index is 11.5. The Hall–Kier alpha value is -1.06. The Bertz CT molecular complexity index is 465. The first kappa shape index (κ1) is 7.58. The average Bonchev–Trinajstić information content (AvgIpc) is 2.25. The van der Waals surface area contributed by atoms with Crippen LogP contribution in [0, 0.1) is 0 Å². The van der Waals surface area contributed by atoms with Gasteiger partial charge in [-0.3, -0.25) is 0 Å². The maximum Gasteiger partial charge on any atom is 0.112 e. The number of benzene rings is 1. The Morgan fingerprint density at radius 2 is 2.00 bits per heavy atom. The van der Waals surface area contributed by atoms with E-state index in [0.29, 0.717) is 10.5 Å². The van der Waals surface area contributed by atoms with Gasteiger partial charge in [0, 0.05) is 5.37 Å². The number of hydrogen-bond acceptors (Lipinski definition) is 1. The van der Waals surface area contributed by atoms with Crippen molar-refractivity contribution < 1.29 is 8.76 Å². The van der Waals surface area contributed by atoms with Crippen LogP contribution in [-0.2, 0) is 9.80 Å². The molecule has 1 aliphatic heterocycles. The second-order valence-electron chi connectivity index (χ2n) is 2.71. The van der Waals surface area contributed by atoms with Crippen molar-refractivity contribution in [2.24, 2.45) is 0 Å². The van der Waals surface area contributed by atoms with Gasteiger partial charge in [-0.05, 0) is 17.2 Å². The molecule has 1 unspecified atom stereocenters. The molecular formula is C9H8O2S. The van der Waals surface area contributed by atoms with Crippen molar-refractivity contribution in [3.05, 3.63) is 36.4 Å². The molecule has 0 radical (unpaired) electrons. The van der Waals surface area contributed by atoms with Gasteiger partial charge >= 0.3 is 0 Å². The van der Waals surface area contributed by atoms with E-state index in [4.69, 9.17) is 0 Å². The number of fused-ring (bicyclic) bond motifs is 1. The van der Waals surface area contributed by atoms with E-state index in [1.807, 2.05) is 6.07 Å². The largest absolute Gasteiger partial charge is 0.310 e. The summed E-state index contributed by atoms with van der Waals surface area (Å²) in [5.74, 6) is 0. The number of rotatable bonds is 0. The van der Waals surface area contributed by atoms with Crippen molar-refractivity contribution >= 4 is 20.7 Å². The highest BCUT2D eigenvalue weighted by Crippen LogP contribution is 2.27. The SMILES string of the molecule is C=C1C=S(=O)(O)c2ccccc21. The summed E-state index contributed by atoms with van der Waals surface area (Å²) in [4.78, 5) is 0.481. The van der Waals surface area contributed by atoms with E-state index in [1.165, 1.54) is 5.37 Å². The van der Waals surface area contributed by atoms with Crippen LogP contribution in [0.2, 0.25) is 0 Å². The third-order valence-electron chi connectivity index (χ3n) is 1.85. The molecule has 1 aromatic carbocycles. The third kappa shape index (κ3) is 0.906. The summed E-state index contributed by atoms with van der Waals surface area (Å²) in [6, 6.07) is 7.04. The topological polar surface area (TPSA) is 37.3 Å². The first-order valence-corrected chi connectivity index (χ1v) is 5.09. The van der Waals surface area contributed by atoms with Crippen LogP contribution in [0.4, 0.5) is 0 Å². The highest BCUT2D eigenvalue weighted by atomic mass is 32.2. The van der Waals surface area contributed by atoms with Gasteiger partial charge < -0.3 is 4.55 Å². The van der Waals surface area contributed by atoms with E-state index in [-0.39, 0.29) is 0 Å². The summed E-state index contributed by atoms with van der Waals surface area (Å²) >= 11 is 0. The maximum absolute atomic E-state index is 11.5. The molecule has 1 aliphatic rings.